The molecule has 0 unspecified atom stereocenters. The Bertz CT molecular complexity index is 236. The molecule has 2 heteroatoms. The van der Waals surface area contributed by atoms with E-state index in [1.54, 1.807) is 0 Å². The minimum Gasteiger partial charge on any atom is -0.314 e. The van der Waals surface area contributed by atoms with E-state index in [0.29, 0.717) is 0 Å². The molecule has 1 aliphatic heterocycles. The van der Waals surface area contributed by atoms with E-state index in [0.717, 1.165) is 23.9 Å². The first kappa shape index (κ1) is 15.3. The second-order valence-electron chi connectivity index (χ2n) is 7.27. The van der Waals surface area contributed by atoms with E-state index in [1.807, 2.05) is 0 Å². The molecule has 2 aliphatic rings. The molecule has 112 valence electrons. The van der Waals surface area contributed by atoms with E-state index >= 15 is 0 Å². The van der Waals surface area contributed by atoms with Crippen LogP contribution in [0.1, 0.15) is 65.7 Å². The zero-order chi connectivity index (χ0) is 13.7. The Kier molecular flexibility index (Phi) is 6.15. The van der Waals surface area contributed by atoms with E-state index in [4.69, 9.17) is 0 Å². The number of likely N-dealkylation sites (tertiary alicyclic amines) is 1. The molecule has 0 aromatic carbocycles. The third-order valence-corrected chi connectivity index (χ3v) is 5.38. The van der Waals surface area contributed by atoms with E-state index in [2.05, 4.69) is 31.0 Å². The van der Waals surface area contributed by atoms with Crippen molar-refractivity contribution < 1.29 is 0 Å². The summed E-state index contributed by atoms with van der Waals surface area (Å²) < 4.78 is 0. The lowest BCUT2D eigenvalue weighted by molar-refractivity contribution is 0.159. The minimum absolute atomic E-state index is 0.727. The molecule has 1 aliphatic carbocycles. The molecule has 2 rings (SSSR count). The second kappa shape index (κ2) is 7.64. The molecule has 1 saturated heterocycles. The second-order valence-corrected chi connectivity index (χ2v) is 7.27. The molecular formula is C17H34N2. The van der Waals surface area contributed by atoms with Crippen LogP contribution in [0.3, 0.4) is 0 Å². The Morgan fingerprint density at radius 1 is 1.00 bits per heavy atom. The lowest BCUT2D eigenvalue weighted by Gasteiger charge is -2.35. The molecule has 2 nitrogen and oxygen atoms in total. The number of nitrogens with one attached hydrogen (secondary N) is 1. The lowest BCUT2D eigenvalue weighted by Crippen LogP contribution is -2.45. The standard InChI is InChI=1S/C17H34N2/c1-14(2)19-12-9-17(10-13-19)18-11-8-16-6-4-15(3)5-7-16/h14-18H,4-13H2,1-3H3. The summed E-state index contributed by atoms with van der Waals surface area (Å²) in [7, 11) is 0. The van der Waals surface area contributed by atoms with Gasteiger partial charge in [-0.25, -0.2) is 0 Å². The summed E-state index contributed by atoms with van der Waals surface area (Å²) in [5, 5.41) is 3.81. The van der Waals surface area contributed by atoms with Gasteiger partial charge < -0.3 is 10.2 Å². The van der Waals surface area contributed by atoms with Crippen LogP contribution in [0, 0.1) is 11.8 Å². The molecule has 1 N–H and O–H groups in total. The van der Waals surface area contributed by atoms with E-state index in [9.17, 15) is 0 Å². The molecule has 0 aromatic heterocycles. The Hall–Kier alpha value is -0.0800. The Labute approximate surface area is 120 Å². The molecule has 0 radical (unpaired) electrons. The molecule has 0 amide bonds. The monoisotopic (exact) mass is 266 g/mol. The van der Waals surface area contributed by atoms with Crippen LogP contribution in [0.25, 0.3) is 0 Å². The molecule has 2 fully saturated rings. The molecule has 0 bridgehead atoms. The van der Waals surface area contributed by atoms with Crippen molar-refractivity contribution in [3.8, 4) is 0 Å². The molecule has 0 atom stereocenters. The van der Waals surface area contributed by atoms with Crippen LogP contribution in [-0.4, -0.2) is 36.6 Å². The predicted octanol–water partition coefficient (Wildman–Crippen LogP) is 3.67. The van der Waals surface area contributed by atoms with Gasteiger partial charge in [-0.15, -0.1) is 0 Å². The highest BCUT2D eigenvalue weighted by Crippen LogP contribution is 2.30. The summed E-state index contributed by atoms with van der Waals surface area (Å²) in [6, 6.07) is 1.52. The molecular weight excluding hydrogens is 232 g/mol. The van der Waals surface area contributed by atoms with Crippen LogP contribution in [0.4, 0.5) is 0 Å². The van der Waals surface area contributed by atoms with E-state index in [-0.39, 0.29) is 0 Å². The van der Waals surface area contributed by atoms with Crippen LogP contribution < -0.4 is 5.32 Å². The maximum Gasteiger partial charge on any atom is 0.00914 e. The van der Waals surface area contributed by atoms with E-state index in [1.165, 1.54) is 64.6 Å². The molecule has 0 spiro atoms. The van der Waals surface area contributed by atoms with Gasteiger partial charge in [-0.05, 0) is 64.6 Å². The van der Waals surface area contributed by atoms with Crippen molar-refractivity contribution in [2.75, 3.05) is 19.6 Å². The Morgan fingerprint density at radius 3 is 2.21 bits per heavy atom. The van der Waals surface area contributed by atoms with Gasteiger partial charge in [-0.1, -0.05) is 32.6 Å². The average molecular weight is 266 g/mol. The highest BCUT2D eigenvalue weighted by molar-refractivity contribution is 4.79. The van der Waals surface area contributed by atoms with Crippen molar-refractivity contribution in [2.24, 2.45) is 11.8 Å². The number of hydrogen-bond donors (Lipinski definition) is 1. The third-order valence-electron chi connectivity index (χ3n) is 5.38. The fraction of sp³-hybridized carbons (Fsp3) is 1.00. The van der Waals surface area contributed by atoms with Crippen molar-refractivity contribution >= 4 is 0 Å². The largest absolute Gasteiger partial charge is 0.314 e. The van der Waals surface area contributed by atoms with Crippen LogP contribution in [0.15, 0.2) is 0 Å². The van der Waals surface area contributed by atoms with Gasteiger partial charge in [0.15, 0.2) is 0 Å². The highest BCUT2D eigenvalue weighted by Gasteiger charge is 2.21. The van der Waals surface area contributed by atoms with Gasteiger partial charge in [0.1, 0.15) is 0 Å². The van der Waals surface area contributed by atoms with Gasteiger partial charge in [-0.2, -0.15) is 0 Å². The normalized spacial score (nSPS) is 30.9. The first-order valence-electron chi connectivity index (χ1n) is 8.62. The van der Waals surface area contributed by atoms with Crippen molar-refractivity contribution in [1.82, 2.24) is 10.2 Å². The quantitative estimate of drug-likeness (QED) is 0.817. The summed E-state index contributed by atoms with van der Waals surface area (Å²) in [6.07, 6.45) is 10.0. The summed E-state index contributed by atoms with van der Waals surface area (Å²) in [4.78, 5) is 2.61. The topological polar surface area (TPSA) is 15.3 Å². The Balaban J connectivity index is 1.54. The maximum atomic E-state index is 3.81. The van der Waals surface area contributed by atoms with Crippen molar-refractivity contribution in [3.63, 3.8) is 0 Å². The molecule has 1 heterocycles. The van der Waals surface area contributed by atoms with Crippen LogP contribution >= 0.6 is 0 Å². The van der Waals surface area contributed by atoms with Crippen molar-refractivity contribution in [3.05, 3.63) is 0 Å². The predicted molar refractivity (Wildman–Crippen MR) is 83.5 cm³/mol. The number of rotatable bonds is 5. The third kappa shape index (κ3) is 5.07. The summed E-state index contributed by atoms with van der Waals surface area (Å²) in [5.74, 6) is 2.00. The Morgan fingerprint density at radius 2 is 1.63 bits per heavy atom. The van der Waals surface area contributed by atoms with Gasteiger partial charge in [0, 0.05) is 12.1 Å². The summed E-state index contributed by atoms with van der Waals surface area (Å²) >= 11 is 0. The van der Waals surface area contributed by atoms with Gasteiger partial charge in [0.05, 0.1) is 0 Å². The van der Waals surface area contributed by atoms with Gasteiger partial charge >= 0.3 is 0 Å². The zero-order valence-electron chi connectivity index (χ0n) is 13.3. The van der Waals surface area contributed by atoms with Gasteiger partial charge in [-0.3, -0.25) is 0 Å². The smallest absolute Gasteiger partial charge is 0.00914 e. The van der Waals surface area contributed by atoms with Gasteiger partial charge in [0.25, 0.3) is 0 Å². The van der Waals surface area contributed by atoms with Crippen molar-refractivity contribution in [1.29, 1.82) is 0 Å². The number of piperidine rings is 1. The fourth-order valence-electron chi connectivity index (χ4n) is 3.73. The summed E-state index contributed by atoms with van der Waals surface area (Å²) in [5.41, 5.74) is 0. The fourth-order valence-corrected chi connectivity index (χ4v) is 3.73. The van der Waals surface area contributed by atoms with Crippen LogP contribution in [0.2, 0.25) is 0 Å². The molecule has 0 aromatic rings. The van der Waals surface area contributed by atoms with Gasteiger partial charge in [0.2, 0.25) is 0 Å². The lowest BCUT2D eigenvalue weighted by atomic mass is 9.81. The van der Waals surface area contributed by atoms with E-state index < -0.39 is 0 Å². The average Bonchev–Trinajstić information content (AvgIpc) is 2.41. The number of hydrogen-bond acceptors (Lipinski definition) is 2. The SMILES string of the molecule is CC1CCC(CCNC2CCN(C(C)C)CC2)CC1. The van der Waals surface area contributed by atoms with Crippen LogP contribution in [0.5, 0.6) is 0 Å². The zero-order valence-corrected chi connectivity index (χ0v) is 13.3. The minimum atomic E-state index is 0.727. The first-order valence-corrected chi connectivity index (χ1v) is 8.62. The van der Waals surface area contributed by atoms with Crippen molar-refractivity contribution in [2.45, 2.75) is 77.8 Å². The molecule has 19 heavy (non-hydrogen) atoms. The molecule has 1 saturated carbocycles. The number of nitrogens with zero attached hydrogens (tertiary/aromatic N) is 1. The maximum absolute atomic E-state index is 3.81. The first-order chi connectivity index (χ1) is 9.15. The highest BCUT2D eigenvalue weighted by atomic mass is 15.2. The summed E-state index contributed by atoms with van der Waals surface area (Å²) in [6.45, 7) is 10.9. The van der Waals surface area contributed by atoms with Crippen LogP contribution in [-0.2, 0) is 0 Å².